The summed E-state index contributed by atoms with van der Waals surface area (Å²) in [5.41, 5.74) is 0. The van der Waals surface area contributed by atoms with Gasteiger partial charge in [0.15, 0.2) is 0 Å². The zero-order valence-electron chi connectivity index (χ0n) is 8.50. The molecule has 1 unspecified atom stereocenters. The maximum atomic E-state index is 9.85. The van der Waals surface area contributed by atoms with Crippen LogP contribution in [0.15, 0.2) is 12.1 Å². The third-order valence-corrected chi connectivity index (χ3v) is 4.39. The number of aliphatic hydroxyl groups excluding tert-OH is 1. The Labute approximate surface area is 98.3 Å². The second-order valence-electron chi connectivity index (χ2n) is 3.45. The summed E-state index contributed by atoms with van der Waals surface area (Å²) in [6, 6.07) is 4.12. The smallest absolute Gasteiger partial charge is 0.0882 e. The molecule has 0 aliphatic heterocycles. The first-order valence-electron chi connectivity index (χ1n) is 5.10. The molecule has 14 heavy (non-hydrogen) atoms. The standard InChI is InChI=1S/C11H17BrOS/c1-2-3-4-5-10(13)11-7-6-9(8-12)14-11/h6-7,10,13H,2-5,8H2,1H3. The molecule has 1 heterocycles. The van der Waals surface area contributed by atoms with Gasteiger partial charge in [-0.3, -0.25) is 0 Å². The Bertz CT molecular complexity index is 260. The Hall–Kier alpha value is 0.140. The maximum absolute atomic E-state index is 9.85. The normalized spacial score (nSPS) is 13.1. The molecule has 0 aliphatic carbocycles. The van der Waals surface area contributed by atoms with Gasteiger partial charge in [-0.25, -0.2) is 0 Å². The summed E-state index contributed by atoms with van der Waals surface area (Å²) in [5.74, 6) is 0. The Kier molecular flexibility index (Phi) is 5.75. The molecule has 80 valence electrons. The van der Waals surface area contributed by atoms with E-state index in [1.165, 1.54) is 17.7 Å². The number of thiophene rings is 1. The van der Waals surface area contributed by atoms with Gasteiger partial charge in [-0.2, -0.15) is 0 Å². The molecule has 0 radical (unpaired) electrons. The lowest BCUT2D eigenvalue weighted by atomic mass is 10.1. The lowest BCUT2D eigenvalue weighted by Gasteiger charge is -2.06. The highest BCUT2D eigenvalue weighted by Crippen LogP contribution is 2.27. The van der Waals surface area contributed by atoms with Crippen molar-refractivity contribution in [2.45, 2.75) is 44.0 Å². The predicted molar refractivity (Wildman–Crippen MR) is 66.1 cm³/mol. The van der Waals surface area contributed by atoms with E-state index in [4.69, 9.17) is 0 Å². The SMILES string of the molecule is CCCCCC(O)c1ccc(CBr)s1. The first kappa shape index (κ1) is 12.2. The molecule has 1 rings (SSSR count). The number of unbranched alkanes of at least 4 members (excludes halogenated alkanes) is 2. The molecule has 0 fully saturated rings. The largest absolute Gasteiger partial charge is 0.388 e. The first-order valence-corrected chi connectivity index (χ1v) is 7.04. The van der Waals surface area contributed by atoms with E-state index >= 15 is 0 Å². The predicted octanol–water partition coefficient (Wildman–Crippen LogP) is 4.26. The van der Waals surface area contributed by atoms with Gasteiger partial charge in [-0.15, -0.1) is 11.3 Å². The summed E-state index contributed by atoms with van der Waals surface area (Å²) in [6.07, 6.45) is 4.20. The van der Waals surface area contributed by atoms with Crippen molar-refractivity contribution in [3.63, 3.8) is 0 Å². The minimum absolute atomic E-state index is 0.251. The third-order valence-electron chi connectivity index (χ3n) is 2.22. The molecule has 1 aromatic heterocycles. The fourth-order valence-electron chi connectivity index (χ4n) is 1.38. The third kappa shape index (κ3) is 3.71. The summed E-state index contributed by atoms with van der Waals surface area (Å²) in [4.78, 5) is 2.39. The van der Waals surface area contributed by atoms with Gasteiger partial charge >= 0.3 is 0 Å². The average molecular weight is 277 g/mol. The van der Waals surface area contributed by atoms with E-state index in [1.54, 1.807) is 11.3 Å². The Morgan fingerprint density at radius 2 is 2.21 bits per heavy atom. The van der Waals surface area contributed by atoms with Crippen LogP contribution in [0.5, 0.6) is 0 Å². The van der Waals surface area contributed by atoms with Gasteiger partial charge in [0.1, 0.15) is 0 Å². The summed E-state index contributed by atoms with van der Waals surface area (Å²) >= 11 is 5.11. The molecule has 0 aliphatic rings. The zero-order valence-corrected chi connectivity index (χ0v) is 10.9. The van der Waals surface area contributed by atoms with Crippen LogP contribution >= 0.6 is 27.3 Å². The van der Waals surface area contributed by atoms with Crippen LogP contribution in [-0.2, 0) is 5.33 Å². The van der Waals surface area contributed by atoms with Crippen LogP contribution in [0.2, 0.25) is 0 Å². The second-order valence-corrected chi connectivity index (χ2v) is 5.21. The first-order chi connectivity index (χ1) is 6.77. The van der Waals surface area contributed by atoms with E-state index in [-0.39, 0.29) is 6.10 Å². The minimum Gasteiger partial charge on any atom is -0.388 e. The van der Waals surface area contributed by atoms with Crippen LogP contribution in [0.3, 0.4) is 0 Å². The number of halogens is 1. The molecule has 0 bridgehead atoms. The van der Waals surface area contributed by atoms with Crippen LogP contribution in [0.1, 0.15) is 48.5 Å². The highest BCUT2D eigenvalue weighted by atomic mass is 79.9. The highest BCUT2D eigenvalue weighted by molar-refractivity contribution is 9.08. The van der Waals surface area contributed by atoms with Crippen LogP contribution < -0.4 is 0 Å². The van der Waals surface area contributed by atoms with Gasteiger partial charge in [0.25, 0.3) is 0 Å². The van der Waals surface area contributed by atoms with E-state index in [0.717, 1.165) is 23.0 Å². The fraction of sp³-hybridized carbons (Fsp3) is 0.636. The Morgan fingerprint density at radius 1 is 1.43 bits per heavy atom. The van der Waals surface area contributed by atoms with E-state index in [0.29, 0.717) is 0 Å². The molecule has 3 heteroatoms. The molecule has 1 N–H and O–H groups in total. The Morgan fingerprint density at radius 3 is 2.79 bits per heavy atom. The van der Waals surface area contributed by atoms with Crippen molar-refractivity contribution in [2.24, 2.45) is 0 Å². The van der Waals surface area contributed by atoms with Gasteiger partial charge < -0.3 is 5.11 Å². The van der Waals surface area contributed by atoms with Crippen LogP contribution in [-0.4, -0.2) is 5.11 Å². The molecule has 0 spiro atoms. The molecule has 0 saturated heterocycles. The van der Waals surface area contributed by atoms with E-state index < -0.39 is 0 Å². The quantitative estimate of drug-likeness (QED) is 0.608. The molecule has 1 aromatic rings. The summed E-state index contributed by atoms with van der Waals surface area (Å²) in [5, 5.41) is 10.7. The van der Waals surface area contributed by atoms with E-state index in [2.05, 4.69) is 28.9 Å². The maximum Gasteiger partial charge on any atom is 0.0882 e. The van der Waals surface area contributed by atoms with Crippen molar-refractivity contribution >= 4 is 27.3 Å². The summed E-state index contributed by atoms with van der Waals surface area (Å²) in [7, 11) is 0. The lowest BCUT2D eigenvalue weighted by Crippen LogP contribution is -1.93. The highest BCUT2D eigenvalue weighted by Gasteiger charge is 2.09. The molecule has 0 saturated carbocycles. The van der Waals surface area contributed by atoms with Crippen molar-refractivity contribution in [2.75, 3.05) is 0 Å². The molecular formula is C11H17BrOS. The van der Waals surface area contributed by atoms with Crippen LogP contribution in [0.25, 0.3) is 0 Å². The summed E-state index contributed by atoms with van der Waals surface area (Å²) in [6.45, 7) is 2.18. The number of rotatable bonds is 6. The van der Waals surface area contributed by atoms with Crippen molar-refractivity contribution in [3.8, 4) is 0 Å². The second kappa shape index (κ2) is 6.59. The van der Waals surface area contributed by atoms with Gasteiger partial charge in [-0.1, -0.05) is 42.1 Å². The van der Waals surface area contributed by atoms with Crippen molar-refractivity contribution in [1.82, 2.24) is 0 Å². The molecule has 1 nitrogen and oxygen atoms in total. The van der Waals surface area contributed by atoms with Crippen LogP contribution in [0, 0.1) is 0 Å². The average Bonchev–Trinajstić information content (AvgIpc) is 2.66. The van der Waals surface area contributed by atoms with Crippen molar-refractivity contribution in [1.29, 1.82) is 0 Å². The van der Waals surface area contributed by atoms with E-state index in [1.807, 2.05) is 6.07 Å². The molecular weight excluding hydrogens is 260 g/mol. The lowest BCUT2D eigenvalue weighted by molar-refractivity contribution is 0.167. The van der Waals surface area contributed by atoms with Crippen molar-refractivity contribution in [3.05, 3.63) is 21.9 Å². The van der Waals surface area contributed by atoms with Gasteiger partial charge in [0.2, 0.25) is 0 Å². The number of hydrogen-bond donors (Lipinski definition) is 1. The van der Waals surface area contributed by atoms with Crippen LogP contribution in [0.4, 0.5) is 0 Å². The fourth-order valence-corrected chi connectivity index (χ4v) is 2.79. The van der Waals surface area contributed by atoms with Gasteiger partial charge in [0.05, 0.1) is 6.10 Å². The van der Waals surface area contributed by atoms with E-state index in [9.17, 15) is 5.11 Å². The topological polar surface area (TPSA) is 20.2 Å². The van der Waals surface area contributed by atoms with Crippen molar-refractivity contribution < 1.29 is 5.11 Å². The summed E-state index contributed by atoms with van der Waals surface area (Å²) < 4.78 is 0. The molecule has 1 atom stereocenters. The minimum atomic E-state index is -0.251. The van der Waals surface area contributed by atoms with Gasteiger partial charge in [0, 0.05) is 15.1 Å². The molecule has 0 amide bonds. The Balaban J connectivity index is 2.39. The van der Waals surface area contributed by atoms with Gasteiger partial charge in [-0.05, 0) is 18.6 Å². The molecule has 0 aromatic carbocycles. The zero-order chi connectivity index (χ0) is 10.4. The number of hydrogen-bond acceptors (Lipinski definition) is 2. The monoisotopic (exact) mass is 276 g/mol. The number of alkyl halides is 1. The number of aliphatic hydroxyl groups is 1.